The maximum Gasteiger partial charge on any atom is 0.0621 e. The van der Waals surface area contributed by atoms with Gasteiger partial charge in [0.15, 0.2) is 0 Å². The first-order chi connectivity index (χ1) is 30.0. The summed E-state index contributed by atoms with van der Waals surface area (Å²) in [5.74, 6) is 2.28. The van der Waals surface area contributed by atoms with Crippen molar-refractivity contribution >= 4 is 0 Å². The monoisotopic (exact) mass is 862 g/mol. The number of hydrogen-bond acceptors (Lipinski definition) is 3. The van der Waals surface area contributed by atoms with Gasteiger partial charge >= 0.3 is 0 Å². The molecule has 0 aliphatic heterocycles. The number of nitrogens with zero attached hydrogens (tertiary/aromatic N) is 2. The van der Waals surface area contributed by atoms with E-state index in [0.717, 1.165) is 69.9 Å². The Bertz CT molecular complexity index is 1120. The van der Waals surface area contributed by atoms with Gasteiger partial charge in [-0.2, -0.15) is 5.26 Å². The SMILES string of the molecule is C=C(CCCCN(C)C)CCC(CCC(=C)CC(CCCCC)CCCCC)(CCC(=C)CC(CCCCC)CCCCC#N)CCC(=C)CC(CCCCC)CCCCNC. The van der Waals surface area contributed by atoms with Gasteiger partial charge in [-0.15, -0.1) is 0 Å². The summed E-state index contributed by atoms with van der Waals surface area (Å²) < 4.78 is 0. The molecule has 3 nitrogen and oxygen atoms in total. The van der Waals surface area contributed by atoms with Crippen molar-refractivity contribution in [3.8, 4) is 6.07 Å². The zero-order valence-corrected chi connectivity index (χ0v) is 43.5. The lowest BCUT2D eigenvalue weighted by atomic mass is 9.69. The molecule has 62 heavy (non-hydrogen) atoms. The lowest BCUT2D eigenvalue weighted by Crippen LogP contribution is -2.23. The molecule has 0 bridgehead atoms. The lowest BCUT2D eigenvalue weighted by Gasteiger charge is -2.37. The molecule has 0 aliphatic rings. The Morgan fingerprint density at radius 3 is 1.18 bits per heavy atom. The second kappa shape index (κ2) is 42.0. The van der Waals surface area contributed by atoms with Crippen molar-refractivity contribution in [1.82, 2.24) is 10.2 Å². The summed E-state index contributed by atoms with van der Waals surface area (Å²) in [5.41, 5.74) is 6.20. The van der Waals surface area contributed by atoms with E-state index in [1.165, 1.54) is 208 Å². The van der Waals surface area contributed by atoms with Crippen molar-refractivity contribution in [2.75, 3.05) is 34.2 Å². The standard InChI is InChI=1S/C59H111N3/c1-12-16-21-32-56(33-22-17-13-2)49-53(6)39-43-59(42-38-52(5)31-27-30-48-62(10)11,44-40-54(7)50-57(34-23-18-14-3)36-25-20-28-46-60)45-41-55(8)51-58(35-24-19-15-4)37-26-29-47-61-9/h56-58,61H,5-8,12-45,47-51H2,1-4,9-11H3. The van der Waals surface area contributed by atoms with Gasteiger partial charge in [-0.1, -0.05) is 205 Å². The zero-order chi connectivity index (χ0) is 46.1. The molecule has 0 aromatic heterocycles. The van der Waals surface area contributed by atoms with Gasteiger partial charge < -0.3 is 10.2 Å². The minimum Gasteiger partial charge on any atom is -0.320 e. The molecule has 3 heteroatoms. The highest BCUT2D eigenvalue weighted by Gasteiger charge is 2.31. The summed E-state index contributed by atoms with van der Waals surface area (Å²) >= 11 is 0. The third-order valence-corrected chi connectivity index (χ3v) is 14.5. The van der Waals surface area contributed by atoms with Crippen LogP contribution in [0, 0.1) is 34.5 Å². The van der Waals surface area contributed by atoms with Crippen LogP contribution in [0.25, 0.3) is 0 Å². The van der Waals surface area contributed by atoms with Crippen LogP contribution in [0.4, 0.5) is 0 Å². The van der Waals surface area contributed by atoms with Crippen LogP contribution in [0.15, 0.2) is 48.6 Å². The van der Waals surface area contributed by atoms with Crippen LogP contribution < -0.4 is 5.32 Å². The molecule has 0 aromatic carbocycles. The van der Waals surface area contributed by atoms with Crippen LogP contribution in [-0.4, -0.2) is 39.1 Å². The van der Waals surface area contributed by atoms with E-state index in [4.69, 9.17) is 26.3 Å². The molecule has 0 saturated carbocycles. The number of unbranched alkanes of at least 4 members (excludes halogenated alkanes) is 12. The van der Waals surface area contributed by atoms with Crippen molar-refractivity contribution in [3.63, 3.8) is 0 Å². The summed E-state index contributed by atoms with van der Waals surface area (Å²) in [6, 6.07) is 2.38. The molecule has 1 N–H and O–H groups in total. The molecular formula is C59H111N3. The molecule has 3 atom stereocenters. The van der Waals surface area contributed by atoms with Crippen LogP contribution >= 0.6 is 0 Å². The minimum absolute atomic E-state index is 0.246. The Kier molecular flexibility index (Phi) is 40.9. The first kappa shape index (κ1) is 60.4. The molecule has 0 heterocycles. The summed E-state index contributed by atoms with van der Waals surface area (Å²) in [5, 5.41) is 12.6. The number of nitrogens with one attached hydrogen (secondary N) is 1. The summed E-state index contributed by atoms with van der Waals surface area (Å²) in [7, 11) is 6.47. The highest BCUT2D eigenvalue weighted by molar-refractivity contribution is 5.05. The average Bonchev–Trinajstić information content (AvgIpc) is 3.24. The van der Waals surface area contributed by atoms with Gasteiger partial charge in [-0.3, -0.25) is 0 Å². The summed E-state index contributed by atoms with van der Waals surface area (Å²) in [6.07, 6.45) is 46.3. The normalized spacial score (nSPS) is 13.6. The predicted octanol–water partition coefficient (Wildman–Crippen LogP) is 18.9. The smallest absolute Gasteiger partial charge is 0.0621 e. The van der Waals surface area contributed by atoms with E-state index in [0.29, 0.717) is 12.3 Å². The highest BCUT2D eigenvalue weighted by atomic mass is 15.0. The first-order valence-corrected chi connectivity index (χ1v) is 27.3. The third kappa shape index (κ3) is 35.7. The van der Waals surface area contributed by atoms with Crippen molar-refractivity contribution in [1.29, 1.82) is 5.26 Å². The third-order valence-electron chi connectivity index (χ3n) is 14.5. The predicted molar refractivity (Wildman–Crippen MR) is 281 cm³/mol. The largest absolute Gasteiger partial charge is 0.320 e. The van der Waals surface area contributed by atoms with Crippen molar-refractivity contribution in [2.24, 2.45) is 23.2 Å². The van der Waals surface area contributed by atoms with Crippen molar-refractivity contribution in [2.45, 2.75) is 265 Å². The zero-order valence-electron chi connectivity index (χ0n) is 43.5. The second-order valence-electron chi connectivity index (χ2n) is 21.0. The second-order valence-corrected chi connectivity index (χ2v) is 21.0. The van der Waals surface area contributed by atoms with Crippen LogP contribution in [0.1, 0.15) is 265 Å². The van der Waals surface area contributed by atoms with Gasteiger partial charge in [0.1, 0.15) is 0 Å². The number of rotatable bonds is 48. The van der Waals surface area contributed by atoms with Gasteiger partial charge in [0, 0.05) is 6.42 Å². The molecule has 0 rings (SSSR count). The molecule has 0 fully saturated rings. The molecule has 3 unspecified atom stereocenters. The van der Waals surface area contributed by atoms with Crippen LogP contribution in [-0.2, 0) is 0 Å². The summed E-state index contributed by atoms with van der Waals surface area (Å²) in [6.45, 7) is 30.9. The van der Waals surface area contributed by atoms with Crippen LogP contribution in [0.2, 0.25) is 0 Å². The Morgan fingerprint density at radius 2 is 0.839 bits per heavy atom. The fourth-order valence-electron chi connectivity index (χ4n) is 10.1. The number of hydrogen-bond donors (Lipinski definition) is 1. The van der Waals surface area contributed by atoms with Crippen LogP contribution in [0.3, 0.4) is 0 Å². The van der Waals surface area contributed by atoms with Crippen molar-refractivity contribution < 1.29 is 0 Å². The lowest BCUT2D eigenvalue weighted by molar-refractivity contribution is 0.194. The fourth-order valence-corrected chi connectivity index (χ4v) is 10.1. The van der Waals surface area contributed by atoms with E-state index in [2.05, 4.69) is 65.1 Å². The molecule has 0 amide bonds. The molecule has 0 saturated heterocycles. The molecule has 0 aromatic rings. The molecular weight excluding hydrogens is 751 g/mol. The maximum atomic E-state index is 9.19. The maximum absolute atomic E-state index is 9.19. The fraction of sp³-hybridized carbons (Fsp3) is 0.847. The van der Waals surface area contributed by atoms with Gasteiger partial charge in [0.25, 0.3) is 0 Å². The number of allylic oxidation sites excluding steroid dienone is 4. The van der Waals surface area contributed by atoms with Crippen molar-refractivity contribution in [3.05, 3.63) is 48.6 Å². The quantitative estimate of drug-likeness (QED) is 0.0489. The number of nitriles is 1. The molecule has 0 spiro atoms. The van der Waals surface area contributed by atoms with E-state index >= 15 is 0 Å². The Labute approximate surface area is 391 Å². The Hall–Kier alpha value is -1.63. The minimum atomic E-state index is 0.246. The Morgan fingerprint density at radius 1 is 0.484 bits per heavy atom. The van der Waals surface area contributed by atoms with Gasteiger partial charge in [-0.05, 0) is 160 Å². The van der Waals surface area contributed by atoms with Crippen LogP contribution in [0.5, 0.6) is 0 Å². The van der Waals surface area contributed by atoms with Gasteiger partial charge in [0.2, 0.25) is 0 Å². The van der Waals surface area contributed by atoms with E-state index < -0.39 is 0 Å². The van der Waals surface area contributed by atoms with E-state index in [-0.39, 0.29) is 5.41 Å². The average molecular weight is 863 g/mol. The Balaban J connectivity index is 6.51. The highest BCUT2D eigenvalue weighted by Crippen LogP contribution is 2.45. The van der Waals surface area contributed by atoms with Gasteiger partial charge in [0.05, 0.1) is 6.07 Å². The topological polar surface area (TPSA) is 39.1 Å². The van der Waals surface area contributed by atoms with E-state index in [1.54, 1.807) is 0 Å². The molecule has 0 aliphatic carbocycles. The molecule has 362 valence electrons. The first-order valence-electron chi connectivity index (χ1n) is 27.3. The summed E-state index contributed by atoms with van der Waals surface area (Å²) in [4.78, 5) is 2.32. The molecule has 0 radical (unpaired) electrons. The van der Waals surface area contributed by atoms with Gasteiger partial charge in [-0.25, -0.2) is 0 Å². The van der Waals surface area contributed by atoms with E-state index in [9.17, 15) is 5.26 Å². The van der Waals surface area contributed by atoms with E-state index in [1.807, 2.05) is 0 Å².